The third-order valence-electron chi connectivity index (χ3n) is 7.70. The van der Waals surface area contributed by atoms with E-state index in [-0.39, 0.29) is 22.9 Å². The van der Waals surface area contributed by atoms with Gasteiger partial charge in [0.2, 0.25) is 0 Å². The number of rotatable bonds is 7. The number of nitrogens with two attached hydrogens (primary N) is 1. The fourth-order valence-electron chi connectivity index (χ4n) is 5.87. The highest BCUT2D eigenvalue weighted by Gasteiger charge is 2.60. The van der Waals surface area contributed by atoms with Crippen LogP contribution < -0.4 is 11.1 Å². The van der Waals surface area contributed by atoms with Gasteiger partial charge in [0.05, 0.1) is 12.2 Å². The summed E-state index contributed by atoms with van der Waals surface area (Å²) in [6, 6.07) is 13.2. The van der Waals surface area contributed by atoms with Gasteiger partial charge in [-0.15, -0.1) is 0 Å². The van der Waals surface area contributed by atoms with Crippen molar-refractivity contribution in [2.24, 2.45) is 5.73 Å². The third kappa shape index (κ3) is 4.67. The molecule has 1 amide bonds. The van der Waals surface area contributed by atoms with Crippen molar-refractivity contribution < 1.29 is 13.9 Å². The standard InChI is InChI=1S/C31H34FN3O2/c1-5-24(25-8-6-7-9-26(25)27-11-10-20(2)14-28(27)32)22(4)35-13-12-23(15-21(35)3)29(36)34-18-31-16-30(33,17-31)19-37-31/h6-15H,3,5,16-19,33H2,1-2,4H3,(H,34,36)/b24-22+. The van der Waals surface area contributed by atoms with Gasteiger partial charge < -0.3 is 20.7 Å². The predicted octanol–water partition coefficient (Wildman–Crippen LogP) is 5.59. The Bertz CT molecular complexity index is 1360. The van der Waals surface area contributed by atoms with Crippen molar-refractivity contribution in [3.8, 4) is 11.1 Å². The molecule has 37 heavy (non-hydrogen) atoms. The number of carbonyl (C=O) groups is 1. The van der Waals surface area contributed by atoms with E-state index in [9.17, 15) is 9.18 Å². The lowest BCUT2D eigenvalue weighted by Gasteiger charge is -2.42. The maximum absolute atomic E-state index is 14.9. The van der Waals surface area contributed by atoms with Crippen LogP contribution in [0.2, 0.25) is 0 Å². The Kier molecular flexibility index (Phi) is 6.42. The number of amides is 1. The Morgan fingerprint density at radius 2 is 1.97 bits per heavy atom. The van der Waals surface area contributed by atoms with Crippen molar-refractivity contribution >= 4 is 11.5 Å². The number of carbonyl (C=O) groups excluding carboxylic acids is 1. The zero-order valence-corrected chi connectivity index (χ0v) is 21.7. The highest BCUT2D eigenvalue weighted by Crippen LogP contribution is 2.49. The van der Waals surface area contributed by atoms with Crippen molar-refractivity contribution in [2.45, 2.75) is 51.2 Å². The quantitative estimate of drug-likeness (QED) is 0.521. The maximum atomic E-state index is 14.9. The first-order valence-electron chi connectivity index (χ1n) is 12.8. The molecule has 192 valence electrons. The first-order chi connectivity index (χ1) is 17.6. The minimum absolute atomic E-state index is 0.158. The molecule has 6 rings (SSSR count). The van der Waals surface area contributed by atoms with Crippen LogP contribution in [0.4, 0.5) is 4.39 Å². The molecule has 0 unspecified atom stereocenters. The number of hydrogen-bond acceptors (Lipinski definition) is 4. The molecule has 4 aliphatic rings. The van der Waals surface area contributed by atoms with E-state index in [1.807, 2.05) is 61.3 Å². The van der Waals surface area contributed by atoms with Crippen LogP contribution in [-0.4, -0.2) is 35.1 Å². The number of allylic oxidation sites excluding steroid dienone is 3. The molecule has 3 aliphatic heterocycles. The lowest BCUT2D eigenvalue weighted by Crippen LogP contribution is -2.59. The molecular weight excluding hydrogens is 465 g/mol. The van der Waals surface area contributed by atoms with Crippen molar-refractivity contribution in [1.82, 2.24) is 10.2 Å². The van der Waals surface area contributed by atoms with Crippen LogP contribution in [0.3, 0.4) is 0 Å². The number of halogens is 1. The van der Waals surface area contributed by atoms with Gasteiger partial charge in [-0.3, -0.25) is 4.79 Å². The molecule has 5 nitrogen and oxygen atoms in total. The Morgan fingerprint density at radius 3 is 2.62 bits per heavy atom. The summed E-state index contributed by atoms with van der Waals surface area (Å²) >= 11 is 0. The highest BCUT2D eigenvalue weighted by molar-refractivity contribution is 5.97. The molecule has 0 spiro atoms. The van der Waals surface area contributed by atoms with E-state index in [0.717, 1.165) is 47.2 Å². The van der Waals surface area contributed by atoms with Crippen LogP contribution in [0.25, 0.3) is 16.7 Å². The summed E-state index contributed by atoms with van der Waals surface area (Å²) in [7, 11) is 0. The van der Waals surface area contributed by atoms with Crippen molar-refractivity contribution in [2.75, 3.05) is 13.2 Å². The molecule has 2 saturated heterocycles. The van der Waals surface area contributed by atoms with E-state index in [0.29, 0.717) is 30.0 Å². The van der Waals surface area contributed by atoms with E-state index < -0.39 is 0 Å². The number of nitrogens with zero attached hydrogens (tertiary/aromatic N) is 1. The lowest BCUT2D eigenvalue weighted by molar-refractivity contribution is -0.118. The van der Waals surface area contributed by atoms with Gasteiger partial charge in [-0.2, -0.15) is 0 Å². The average molecular weight is 500 g/mol. The first kappa shape index (κ1) is 25.2. The predicted molar refractivity (Wildman–Crippen MR) is 146 cm³/mol. The number of aryl methyl sites for hydroxylation is 1. The smallest absolute Gasteiger partial charge is 0.251 e. The second kappa shape index (κ2) is 9.43. The van der Waals surface area contributed by atoms with Crippen LogP contribution in [0.15, 0.2) is 84.4 Å². The second-order valence-electron chi connectivity index (χ2n) is 10.6. The van der Waals surface area contributed by atoms with Crippen molar-refractivity contribution in [3.05, 3.63) is 101 Å². The number of ether oxygens (including phenoxy) is 1. The minimum atomic E-state index is -0.313. The van der Waals surface area contributed by atoms with E-state index >= 15 is 0 Å². The summed E-state index contributed by atoms with van der Waals surface area (Å²) in [5, 5.41) is 3.00. The van der Waals surface area contributed by atoms with Crippen LogP contribution in [0.1, 0.15) is 44.2 Å². The van der Waals surface area contributed by atoms with Gasteiger partial charge in [-0.25, -0.2) is 4.39 Å². The highest BCUT2D eigenvalue weighted by atomic mass is 19.1. The van der Waals surface area contributed by atoms with Crippen LogP contribution in [0.5, 0.6) is 0 Å². The molecule has 3 heterocycles. The number of hydrogen-bond donors (Lipinski definition) is 2. The number of fused-ring (bicyclic) bond motifs is 1. The fourth-order valence-corrected chi connectivity index (χ4v) is 5.87. The third-order valence-corrected chi connectivity index (χ3v) is 7.70. The molecule has 2 aromatic rings. The van der Waals surface area contributed by atoms with Crippen molar-refractivity contribution in [1.29, 1.82) is 0 Å². The van der Waals surface area contributed by atoms with Crippen LogP contribution in [-0.2, 0) is 9.53 Å². The first-order valence-corrected chi connectivity index (χ1v) is 12.8. The summed E-state index contributed by atoms with van der Waals surface area (Å²) in [4.78, 5) is 14.8. The van der Waals surface area contributed by atoms with Crippen LogP contribution >= 0.6 is 0 Å². The summed E-state index contributed by atoms with van der Waals surface area (Å²) in [6.07, 6.45) is 7.78. The minimum Gasteiger partial charge on any atom is -0.371 e. The Hall–Kier alpha value is -3.48. The fraction of sp³-hybridized carbons (Fsp3) is 0.323. The van der Waals surface area contributed by atoms with Gasteiger partial charge in [0.1, 0.15) is 5.82 Å². The molecule has 3 N–H and O–H groups in total. The maximum Gasteiger partial charge on any atom is 0.251 e. The molecule has 6 heteroatoms. The molecule has 1 aliphatic carbocycles. The summed E-state index contributed by atoms with van der Waals surface area (Å²) in [5.74, 6) is -0.392. The summed E-state index contributed by atoms with van der Waals surface area (Å²) in [6.45, 7) is 11.2. The van der Waals surface area contributed by atoms with E-state index in [2.05, 4.69) is 18.8 Å². The van der Waals surface area contributed by atoms with Crippen LogP contribution in [0, 0.1) is 12.7 Å². The van der Waals surface area contributed by atoms with E-state index in [1.54, 1.807) is 18.2 Å². The van der Waals surface area contributed by atoms with Gasteiger partial charge in [0.15, 0.2) is 0 Å². The molecule has 0 aromatic heterocycles. The van der Waals surface area contributed by atoms with Gasteiger partial charge in [0.25, 0.3) is 5.91 Å². The number of benzene rings is 2. The van der Waals surface area contributed by atoms with Gasteiger partial charge >= 0.3 is 0 Å². The largest absolute Gasteiger partial charge is 0.371 e. The van der Waals surface area contributed by atoms with Gasteiger partial charge in [0, 0.05) is 40.8 Å². The number of nitrogens with one attached hydrogen (secondary N) is 1. The van der Waals surface area contributed by atoms with E-state index in [4.69, 9.17) is 10.5 Å². The van der Waals surface area contributed by atoms with E-state index in [1.165, 1.54) is 0 Å². The van der Waals surface area contributed by atoms with Crippen molar-refractivity contribution in [3.63, 3.8) is 0 Å². The Balaban J connectivity index is 1.36. The summed E-state index contributed by atoms with van der Waals surface area (Å²) < 4.78 is 20.7. The zero-order chi connectivity index (χ0) is 26.4. The molecule has 1 saturated carbocycles. The molecule has 2 bridgehead atoms. The second-order valence-corrected chi connectivity index (χ2v) is 10.6. The molecule has 0 atom stereocenters. The van der Waals surface area contributed by atoms with Gasteiger partial charge in [-0.1, -0.05) is 49.9 Å². The summed E-state index contributed by atoms with van der Waals surface area (Å²) in [5.41, 5.74) is 12.2. The normalized spacial score (nSPS) is 24.9. The Labute approximate surface area is 218 Å². The topological polar surface area (TPSA) is 67.6 Å². The Morgan fingerprint density at radius 1 is 1.22 bits per heavy atom. The molecule has 3 fully saturated rings. The SMILES string of the molecule is C=C1C=C(C(=O)NCC23CC(N)(CO2)C3)C=CN1/C(C)=C(\CC)c1ccccc1-c1ccc(C)cc1F. The monoisotopic (exact) mass is 499 g/mol. The molecular formula is C31H34FN3O2. The molecule has 2 aromatic carbocycles. The van der Waals surface area contributed by atoms with Gasteiger partial charge in [-0.05, 0) is 73.6 Å². The lowest BCUT2D eigenvalue weighted by atomic mass is 9.69. The average Bonchev–Trinajstić information content (AvgIpc) is 3.37. The zero-order valence-electron chi connectivity index (χ0n) is 21.7. The molecule has 0 radical (unpaired) electrons.